The number of ether oxygens (including phenoxy) is 1. The summed E-state index contributed by atoms with van der Waals surface area (Å²) in [5, 5.41) is 16.8. The predicted molar refractivity (Wildman–Crippen MR) is 151 cm³/mol. The third-order valence-corrected chi connectivity index (χ3v) is 5.85. The molecule has 40 heavy (non-hydrogen) atoms. The molecule has 0 bridgehead atoms. The number of nitriles is 1. The molecular weight excluding hydrogens is 510 g/mol. The Morgan fingerprint density at radius 1 is 1.00 bits per heavy atom. The van der Waals surface area contributed by atoms with Crippen molar-refractivity contribution < 1.29 is 23.9 Å². The Balaban J connectivity index is 2.01. The van der Waals surface area contributed by atoms with Gasteiger partial charge in [-0.25, -0.2) is 4.79 Å². The summed E-state index contributed by atoms with van der Waals surface area (Å²) in [5.41, 5.74) is 6.26. The molecule has 0 heterocycles. The number of hydrogen-bond acceptors (Lipinski definition) is 6. The smallest absolute Gasteiger partial charge is 0.408 e. The van der Waals surface area contributed by atoms with Gasteiger partial charge in [0.15, 0.2) is 0 Å². The van der Waals surface area contributed by atoms with Crippen molar-refractivity contribution >= 4 is 40.3 Å². The van der Waals surface area contributed by atoms with Gasteiger partial charge in [0, 0.05) is 5.69 Å². The van der Waals surface area contributed by atoms with Gasteiger partial charge in [-0.3, -0.25) is 14.4 Å². The Morgan fingerprint density at radius 2 is 1.70 bits per heavy atom. The van der Waals surface area contributed by atoms with E-state index in [1.807, 2.05) is 49.4 Å². The van der Waals surface area contributed by atoms with E-state index >= 15 is 0 Å². The number of carbonyl (C=O) groups is 4. The molecule has 3 aromatic rings. The largest absolute Gasteiger partial charge is 0.444 e. The molecule has 0 saturated carbocycles. The highest BCUT2D eigenvalue weighted by atomic mass is 16.6. The lowest BCUT2D eigenvalue weighted by Gasteiger charge is -2.32. The van der Waals surface area contributed by atoms with E-state index in [1.165, 1.54) is 0 Å². The Kier molecular flexibility index (Phi) is 9.45. The monoisotopic (exact) mass is 543 g/mol. The number of benzene rings is 3. The van der Waals surface area contributed by atoms with Gasteiger partial charge in [-0.05, 0) is 56.2 Å². The number of amides is 4. The number of aryl methyl sites for hydroxylation is 1. The van der Waals surface area contributed by atoms with Crippen molar-refractivity contribution in [2.75, 3.05) is 11.9 Å². The van der Waals surface area contributed by atoms with E-state index in [-0.39, 0.29) is 0 Å². The van der Waals surface area contributed by atoms with Crippen LogP contribution in [0.15, 0.2) is 66.7 Å². The summed E-state index contributed by atoms with van der Waals surface area (Å²) in [4.78, 5) is 53.0. The highest BCUT2D eigenvalue weighted by molar-refractivity contribution is 6.01. The van der Waals surface area contributed by atoms with Gasteiger partial charge in [0.05, 0.1) is 12.5 Å². The number of nitrogens with one attached hydrogen (secondary N) is 2. The molecule has 0 fully saturated rings. The molecule has 3 rings (SSSR count). The maximum absolute atomic E-state index is 13.8. The zero-order valence-corrected chi connectivity index (χ0v) is 22.9. The Bertz CT molecular complexity index is 1460. The summed E-state index contributed by atoms with van der Waals surface area (Å²) in [5.74, 6) is -2.29. The SMILES string of the molecule is Cc1cccc(C(C(=O)Nc2ccc3ccccc3c2)N(CC#N)C(=O)C(CC(N)=O)NC(=O)OC(C)(C)C)c1. The molecule has 4 amide bonds. The highest BCUT2D eigenvalue weighted by Crippen LogP contribution is 2.26. The van der Waals surface area contributed by atoms with E-state index in [1.54, 1.807) is 51.1 Å². The number of anilines is 1. The molecule has 208 valence electrons. The molecular formula is C30H33N5O5. The number of nitrogens with zero attached hydrogens (tertiary/aromatic N) is 2. The lowest BCUT2D eigenvalue weighted by molar-refractivity contribution is -0.141. The average molecular weight is 544 g/mol. The van der Waals surface area contributed by atoms with Crippen molar-refractivity contribution in [1.82, 2.24) is 10.2 Å². The highest BCUT2D eigenvalue weighted by Gasteiger charge is 2.37. The van der Waals surface area contributed by atoms with Crippen molar-refractivity contribution in [3.8, 4) is 6.07 Å². The quantitative estimate of drug-likeness (QED) is 0.347. The topological polar surface area (TPSA) is 155 Å². The van der Waals surface area contributed by atoms with Crippen LogP contribution in [0, 0.1) is 18.3 Å². The molecule has 4 N–H and O–H groups in total. The summed E-state index contributed by atoms with van der Waals surface area (Å²) in [6.07, 6.45) is -1.51. The fourth-order valence-electron chi connectivity index (χ4n) is 4.21. The Labute approximate surface area is 233 Å². The van der Waals surface area contributed by atoms with Crippen LogP contribution in [-0.2, 0) is 19.1 Å². The molecule has 0 aromatic heterocycles. The van der Waals surface area contributed by atoms with Crippen LogP contribution in [0.5, 0.6) is 0 Å². The summed E-state index contributed by atoms with van der Waals surface area (Å²) in [6.45, 7) is 6.26. The van der Waals surface area contributed by atoms with Crippen LogP contribution in [-0.4, -0.2) is 46.9 Å². The summed E-state index contributed by atoms with van der Waals surface area (Å²) < 4.78 is 5.24. The van der Waals surface area contributed by atoms with Gasteiger partial charge >= 0.3 is 6.09 Å². The molecule has 10 nitrogen and oxygen atoms in total. The van der Waals surface area contributed by atoms with Crippen LogP contribution in [0.2, 0.25) is 0 Å². The summed E-state index contributed by atoms with van der Waals surface area (Å²) >= 11 is 0. The van der Waals surface area contributed by atoms with Crippen LogP contribution in [0.25, 0.3) is 10.8 Å². The first-order chi connectivity index (χ1) is 18.9. The molecule has 0 aliphatic rings. The zero-order chi connectivity index (χ0) is 29.4. The van der Waals surface area contributed by atoms with Gasteiger partial charge in [0.2, 0.25) is 11.8 Å². The van der Waals surface area contributed by atoms with Gasteiger partial charge in [0.25, 0.3) is 5.91 Å². The standard InChI is InChI=1S/C30H33N5O5/c1-19-8-7-11-22(16-19)26(27(37)33-23-13-12-20-9-5-6-10-21(20)17-23)35(15-14-31)28(38)24(18-25(32)36)34-29(39)40-30(2,3)4/h5-13,16-17,24,26H,15,18H2,1-4H3,(H2,32,36)(H,33,37)(H,34,39). The molecule has 2 unspecified atom stereocenters. The lowest BCUT2D eigenvalue weighted by atomic mass is 10.00. The van der Waals surface area contributed by atoms with Crippen LogP contribution < -0.4 is 16.4 Å². The zero-order valence-electron chi connectivity index (χ0n) is 22.9. The molecule has 10 heteroatoms. The van der Waals surface area contributed by atoms with Crippen LogP contribution >= 0.6 is 0 Å². The Morgan fingerprint density at radius 3 is 2.33 bits per heavy atom. The summed E-state index contributed by atoms with van der Waals surface area (Å²) in [6, 6.07) is 19.2. The van der Waals surface area contributed by atoms with E-state index in [2.05, 4.69) is 10.6 Å². The van der Waals surface area contributed by atoms with E-state index in [9.17, 15) is 24.4 Å². The minimum absolute atomic E-state index is 0.442. The van der Waals surface area contributed by atoms with Crippen LogP contribution in [0.4, 0.5) is 10.5 Å². The van der Waals surface area contributed by atoms with E-state index in [0.717, 1.165) is 21.2 Å². The first-order valence-electron chi connectivity index (χ1n) is 12.7. The first kappa shape index (κ1) is 29.6. The van der Waals surface area contributed by atoms with E-state index in [4.69, 9.17) is 10.5 Å². The van der Waals surface area contributed by atoms with Crippen LogP contribution in [0.1, 0.15) is 44.4 Å². The number of alkyl carbamates (subject to hydrolysis) is 1. The molecule has 0 radical (unpaired) electrons. The molecule has 0 aliphatic carbocycles. The number of nitrogens with two attached hydrogens (primary N) is 1. The van der Waals surface area contributed by atoms with Crippen molar-refractivity contribution in [1.29, 1.82) is 5.26 Å². The predicted octanol–water partition coefficient (Wildman–Crippen LogP) is 3.95. The third kappa shape index (κ3) is 8.04. The van der Waals surface area contributed by atoms with Crippen molar-refractivity contribution in [3.63, 3.8) is 0 Å². The number of carbonyl (C=O) groups excluding carboxylic acids is 4. The normalized spacial score (nSPS) is 12.5. The van der Waals surface area contributed by atoms with Crippen molar-refractivity contribution in [3.05, 3.63) is 77.9 Å². The third-order valence-electron chi connectivity index (χ3n) is 5.85. The fraction of sp³-hybridized carbons (Fsp3) is 0.300. The average Bonchev–Trinajstić information content (AvgIpc) is 2.86. The van der Waals surface area contributed by atoms with Gasteiger partial charge in [-0.15, -0.1) is 0 Å². The molecule has 0 saturated heterocycles. The minimum Gasteiger partial charge on any atom is -0.444 e. The second kappa shape index (κ2) is 12.8. The minimum atomic E-state index is -1.47. The second-order valence-corrected chi connectivity index (χ2v) is 10.4. The van der Waals surface area contributed by atoms with E-state index in [0.29, 0.717) is 11.3 Å². The summed E-state index contributed by atoms with van der Waals surface area (Å²) in [7, 11) is 0. The molecule has 2 atom stereocenters. The van der Waals surface area contributed by atoms with Crippen LogP contribution in [0.3, 0.4) is 0 Å². The molecule has 0 spiro atoms. The second-order valence-electron chi connectivity index (χ2n) is 10.4. The first-order valence-corrected chi connectivity index (χ1v) is 12.7. The van der Waals surface area contributed by atoms with Crippen molar-refractivity contribution in [2.24, 2.45) is 5.73 Å². The molecule has 0 aliphatic heterocycles. The maximum Gasteiger partial charge on any atom is 0.408 e. The number of primary amides is 1. The van der Waals surface area contributed by atoms with Gasteiger partial charge < -0.3 is 26.0 Å². The maximum atomic E-state index is 13.8. The van der Waals surface area contributed by atoms with E-state index < -0.39 is 54.5 Å². The fourth-order valence-corrected chi connectivity index (χ4v) is 4.21. The number of hydrogen-bond donors (Lipinski definition) is 3. The number of fused-ring (bicyclic) bond motifs is 1. The number of rotatable bonds is 9. The van der Waals surface area contributed by atoms with Gasteiger partial charge in [-0.1, -0.05) is 60.2 Å². The molecule has 3 aromatic carbocycles. The lowest BCUT2D eigenvalue weighted by Crippen LogP contribution is -2.53. The van der Waals surface area contributed by atoms with Gasteiger partial charge in [-0.2, -0.15) is 5.26 Å². The van der Waals surface area contributed by atoms with Gasteiger partial charge in [0.1, 0.15) is 24.2 Å². The van der Waals surface area contributed by atoms with Crippen molar-refractivity contribution in [2.45, 2.75) is 51.8 Å². The Hall–Kier alpha value is -4.91.